The van der Waals surface area contributed by atoms with Gasteiger partial charge in [-0.3, -0.25) is 9.59 Å². The third-order valence-corrected chi connectivity index (χ3v) is 27.0. The molecule has 0 aliphatic carbocycles. The highest BCUT2D eigenvalue weighted by Gasteiger charge is 2.63. The third kappa shape index (κ3) is 23.6. The van der Waals surface area contributed by atoms with Crippen LogP contribution in [0.4, 0.5) is 0 Å². The van der Waals surface area contributed by atoms with Crippen molar-refractivity contribution in [2.24, 2.45) is 35.1 Å². The summed E-state index contributed by atoms with van der Waals surface area (Å²) < 4.78 is 126. The summed E-state index contributed by atoms with van der Waals surface area (Å²) in [5, 5.41) is 350. The SMILES string of the molecule is CNC(=O)[C@@]1(OCC2O[C@@H](O[C@@H]3C(CO)O[C@@H](OC4C(O)[C@H](O)[C@@H](CO)O[C@@H]4OC4[C@H](O)C(CO[C@H]5OC(CO)[C@@H](O)C(O)[C@H]5O[C@@H]5O[C@@H](CO)[C@@H](O[C@@H]6OC(CO[C@]7(C(=O)NC)C[C@@H](O)[C@@H](N)C([C@H](O)C(O)CO)O7)[C@H](O)C(O)[C@@H]6O)C(O)C5C)O[C@@H](O[C@@H]5C(CO)O[C@@H](O[C@@H]6C(CO)O[C@@H](O)[C@@H](C)C6O)[C@@H](C)C5O)[C@@H]4O)[C@@H](C)C3O)[C@@H](O)C(O)[C@H]2O)C[C@@H](O)[C@@H](N)C([C@H](O)C(O)CO)O1. The van der Waals surface area contributed by atoms with Crippen molar-refractivity contribution in [1.82, 2.24) is 10.6 Å². The summed E-state index contributed by atoms with van der Waals surface area (Å²) >= 11 is 0. The normalized spacial score (nSPS) is 50.3. The van der Waals surface area contributed by atoms with E-state index in [9.17, 15) is 168 Å². The lowest BCUT2D eigenvalue weighted by atomic mass is 9.89. The zero-order chi connectivity index (χ0) is 100. The Hall–Kier alpha value is -3.22. The lowest BCUT2D eigenvalue weighted by molar-refractivity contribution is -0.403. The van der Waals surface area contributed by atoms with Crippen LogP contribution in [0.5, 0.6) is 0 Å². The van der Waals surface area contributed by atoms with Gasteiger partial charge in [0.25, 0.3) is 23.4 Å². The second-order valence-electron chi connectivity index (χ2n) is 36.0. The van der Waals surface area contributed by atoms with E-state index in [1.54, 1.807) is 0 Å². The number of aliphatic hydroxyl groups excluding tert-OH is 31. The molecule has 58 nitrogen and oxygen atoms in total. The van der Waals surface area contributed by atoms with Gasteiger partial charge in [-0.1, -0.05) is 27.7 Å². The van der Waals surface area contributed by atoms with Crippen LogP contribution in [-0.2, 0) is 109 Å². The minimum Gasteiger partial charge on any atom is -0.394 e. The van der Waals surface area contributed by atoms with Crippen molar-refractivity contribution in [2.45, 2.75) is 365 Å². The molecule has 0 radical (unpaired) electrons. The Bertz CT molecular complexity index is 3660. The molecule has 0 bridgehead atoms. The van der Waals surface area contributed by atoms with Crippen molar-refractivity contribution in [3.8, 4) is 0 Å². The van der Waals surface area contributed by atoms with Gasteiger partial charge >= 0.3 is 0 Å². The fourth-order valence-electron chi connectivity index (χ4n) is 18.2. The molecule has 11 aliphatic heterocycles. The van der Waals surface area contributed by atoms with Crippen LogP contribution in [0.3, 0.4) is 0 Å². The summed E-state index contributed by atoms with van der Waals surface area (Å²) in [4.78, 5) is 27.1. The first kappa shape index (κ1) is 113. The molecule has 57 atom stereocenters. The quantitative estimate of drug-likeness (QED) is 0.0275. The number of aliphatic hydroxyl groups is 31. The summed E-state index contributed by atoms with van der Waals surface area (Å²) in [7, 11) is 2.24. The van der Waals surface area contributed by atoms with Crippen molar-refractivity contribution < 1.29 is 267 Å². The molecule has 792 valence electrons. The maximum absolute atomic E-state index is 13.5. The van der Waals surface area contributed by atoms with Gasteiger partial charge < -0.3 is 280 Å². The standard InChI is InChI=1S/C78H136N4O54/c1-20-39(95)57(30(13-87)119-66(20)113)128-67-21(2)40(96)60(33(16-90)122-67)131-72-56(112)63(132-74-65(53(109)46(102)29(12-86)121-74)134-69-23(4)42(98)59(32(15-89)124-69)130-71-55(111)51(107)48(104)36(127-71)19-118-78(76(115)82-6)8-25(92)38(80)62(136-78)44(100)27(94)10-84)49(105)34(125-72)17-116-73-64(52(108)45(101)28(11-85)120-73)133-68-22(3)41(97)58(31(14-88)123-68)129-70-54(110)50(106)47(103)35(126-70)18-117-77(75(114)81-5)7-24(91)37(79)61(135-77)43(99)26(93)9-83/h20-74,83-113H,7-19,79-80H2,1-6H3,(H,81,114)(H,82,115)/t20-,21-,22?,23-,24+,25+,26?,27?,28?,29+,30?,31-,32?,33?,34?,35?,36?,37+,38+,39?,40?,41?,42?,43+,44+,45+,46+,47-,48-,49+,50?,51?,52?,53?,54-,55-,56+,57+,58+,59+,60+,61?,62?,63?,64+,65?,66+,67-,68-,69-,70-,71-,72-,73-,74+,77+,78+/m0/s1. The van der Waals surface area contributed by atoms with Gasteiger partial charge in [-0.25, -0.2) is 0 Å². The highest BCUT2D eigenvalue weighted by atomic mass is 16.8. The first-order valence-corrected chi connectivity index (χ1v) is 44.5. The Kier molecular flexibility index (Phi) is 40.3. The number of rotatable bonds is 37. The Morgan fingerprint density at radius 2 is 0.603 bits per heavy atom. The van der Waals surface area contributed by atoms with Gasteiger partial charge in [0.2, 0.25) is 0 Å². The van der Waals surface area contributed by atoms with Crippen LogP contribution in [0, 0.1) is 23.7 Å². The summed E-state index contributed by atoms with van der Waals surface area (Å²) in [6, 6.07) is -3.01. The first-order valence-electron chi connectivity index (χ1n) is 44.5. The number of amides is 2. The molecule has 11 rings (SSSR count). The molecule has 58 heteroatoms. The second kappa shape index (κ2) is 48.4. The molecule has 11 saturated heterocycles. The molecular formula is C78H136N4O54. The first-order chi connectivity index (χ1) is 64.2. The van der Waals surface area contributed by atoms with Crippen LogP contribution in [0.2, 0.25) is 0 Å². The van der Waals surface area contributed by atoms with E-state index in [2.05, 4.69) is 10.6 Å². The van der Waals surface area contributed by atoms with Crippen LogP contribution >= 0.6 is 0 Å². The molecule has 37 N–H and O–H groups in total. The van der Waals surface area contributed by atoms with Crippen molar-refractivity contribution in [1.29, 1.82) is 0 Å². The highest BCUT2D eigenvalue weighted by Crippen LogP contribution is 2.44. The van der Waals surface area contributed by atoms with Gasteiger partial charge in [0, 0.05) is 50.6 Å². The van der Waals surface area contributed by atoms with Crippen LogP contribution in [0.15, 0.2) is 0 Å². The van der Waals surface area contributed by atoms with E-state index in [0.29, 0.717) is 0 Å². The number of carbonyl (C=O) groups is 2. The molecule has 0 aromatic heterocycles. The van der Waals surface area contributed by atoms with E-state index >= 15 is 0 Å². The van der Waals surface area contributed by atoms with Crippen molar-refractivity contribution >= 4 is 11.8 Å². The number of hydrogen-bond acceptors (Lipinski definition) is 56. The lowest BCUT2D eigenvalue weighted by Crippen LogP contribution is -2.68. The minimum absolute atomic E-state index is 0.769. The Morgan fingerprint density at radius 3 is 0.956 bits per heavy atom. The molecule has 0 saturated carbocycles. The molecule has 11 heterocycles. The second-order valence-corrected chi connectivity index (χ2v) is 36.0. The van der Waals surface area contributed by atoms with E-state index in [-0.39, 0.29) is 0 Å². The maximum Gasteiger partial charge on any atom is 0.280 e. The van der Waals surface area contributed by atoms with Gasteiger partial charge in [-0.2, -0.15) is 0 Å². The maximum atomic E-state index is 13.5. The minimum atomic E-state index is -2.63. The van der Waals surface area contributed by atoms with Crippen LogP contribution < -0.4 is 22.1 Å². The monoisotopic (exact) mass is 1990 g/mol. The summed E-state index contributed by atoms with van der Waals surface area (Å²) in [6.07, 6.45) is -98.7. The molecule has 11 aliphatic rings. The zero-order valence-corrected chi connectivity index (χ0v) is 74.4. The van der Waals surface area contributed by atoms with E-state index in [4.69, 9.17) is 111 Å². The molecule has 11 fully saturated rings. The zero-order valence-electron chi connectivity index (χ0n) is 74.4. The van der Waals surface area contributed by atoms with Gasteiger partial charge in [-0.15, -0.1) is 0 Å². The van der Waals surface area contributed by atoms with Gasteiger partial charge in [-0.05, 0) is 0 Å². The lowest BCUT2D eigenvalue weighted by Gasteiger charge is -2.51. The highest BCUT2D eigenvalue weighted by molar-refractivity contribution is 5.84. The Morgan fingerprint density at radius 1 is 0.316 bits per heavy atom. The van der Waals surface area contributed by atoms with Crippen molar-refractivity contribution in [2.75, 3.05) is 86.8 Å². The van der Waals surface area contributed by atoms with Crippen LogP contribution in [-0.4, -0.2) is 581 Å². The van der Waals surface area contributed by atoms with Crippen LogP contribution in [0.25, 0.3) is 0 Å². The summed E-state index contributed by atoms with van der Waals surface area (Å²) in [6.45, 7) is -6.35. The van der Waals surface area contributed by atoms with E-state index in [0.717, 1.165) is 14.1 Å². The van der Waals surface area contributed by atoms with Crippen molar-refractivity contribution in [3.63, 3.8) is 0 Å². The van der Waals surface area contributed by atoms with Crippen molar-refractivity contribution in [3.05, 3.63) is 0 Å². The third-order valence-electron chi connectivity index (χ3n) is 27.0. The Balaban J connectivity index is 0.831. The van der Waals surface area contributed by atoms with Crippen LogP contribution in [0.1, 0.15) is 40.5 Å². The van der Waals surface area contributed by atoms with Gasteiger partial charge in [0.05, 0.1) is 121 Å². The summed E-state index contributed by atoms with van der Waals surface area (Å²) in [5.74, 6) is -12.8. The molecule has 0 spiro atoms. The Labute approximate surface area is 774 Å². The van der Waals surface area contributed by atoms with Gasteiger partial charge in [0.1, 0.15) is 208 Å². The molecule has 0 aromatic rings. The number of nitrogens with one attached hydrogen (secondary N) is 2. The fourth-order valence-corrected chi connectivity index (χ4v) is 18.2. The summed E-state index contributed by atoms with van der Waals surface area (Å²) in [5.41, 5.74) is 12.1. The predicted molar refractivity (Wildman–Crippen MR) is 426 cm³/mol. The fraction of sp³-hybridized carbons (Fsp3) is 0.974. The average Bonchev–Trinajstić information content (AvgIpc) is 0.768. The number of ether oxygens (including phenoxy) is 21. The molecule has 2 amide bonds. The van der Waals surface area contributed by atoms with Gasteiger partial charge in [0.15, 0.2) is 56.6 Å². The number of hydrogen-bond donors (Lipinski definition) is 35. The molecule has 136 heavy (non-hydrogen) atoms. The average molecular weight is 1990 g/mol. The molecule has 0 aromatic carbocycles. The van der Waals surface area contributed by atoms with E-state index in [1.807, 2.05) is 0 Å². The number of likely N-dealkylation sites (N-methyl/N-ethyl adjacent to an activating group) is 2. The molecule has 22 unspecified atom stereocenters. The number of carbonyl (C=O) groups excluding carboxylic acids is 2. The number of nitrogens with two attached hydrogens (primary N) is 2. The largest absolute Gasteiger partial charge is 0.394 e. The molecular weight excluding hydrogens is 1860 g/mol. The van der Waals surface area contributed by atoms with E-state index < -0.39 is 445 Å². The topological polar surface area (TPSA) is 931 Å². The smallest absolute Gasteiger partial charge is 0.280 e. The van der Waals surface area contributed by atoms with E-state index in [1.165, 1.54) is 27.7 Å². The predicted octanol–water partition coefficient (Wildman–Crippen LogP) is -22.2.